The fourth-order valence-corrected chi connectivity index (χ4v) is 1.86. The molecule has 3 rings (SSSR count). The second-order valence-corrected chi connectivity index (χ2v) is 4.09. The molecule has 90 valence electrons. The molecule has 3 aromatic rings. The largest absolute Gasteiger partial charge is 0.293 e. The number of pyridine rings is 1. The lowest BCUT2D eigenvalue weighted by molar-refractivity contribution is 0.101. The molecule has 0 unspecified atom stereocenters. The van der Waals surface area contributed by atoms with Crippen LogP contribution < -0.4 is 0 Å². The summed E-state index contributed by atoms with van der Waals surface area (Å²) in [5.41, 5.74) is 2.00. The molecule has 0 aliphatic rings. The van der Waals surface area contributed by atoms with Gasteiger partial charge in [0.2, 0.25) is 0 Å². The summed E-state index contributed by atoms with van der Waals surface area (Å²) in [6, 6.07) is 5.50. The summed E-state index contributed by atoms with van der Waals surface area (Å²) < 4.78 is 1.65. The summed E-state index contributed by atoms with van der Waals surface area (Å²) in [4.78, 5) is 15.5. The van der Waals surface area contributed by atoms with Crippen LogP contribution in [0.5, 0.6) is 0 Å². The van der Waals surface area contributed by atoms with Crippen LogP contribution in [0.3, 0.4) is 0 Å². The van der Waals surface area contributed by atoms with Crippen LogP contribution in [0.25, 0.3) is 16.9 Å². The highest BCUT2D eigenvalue weighted by Crippen LogP contribution is 2.18. The molecule has 0 fully saturated rings. The Morgan fingerprint density at radius 2 is 2.28 bits per heavy atom. The number of hydrogen-bond acceptors (Lipinski definition) is 4. The Hall–Kier alpha value is -2.50. The van der Waals surface area contributed by atoms with Crippen molar-refractivity contribution in [3.8, 4) is 5.82 Å². The number of aromatic amines is 1. The van der Waals surface area contributed by atoms with Crippen LogP contribution in [0, 0.1) is 6.92 Å². The first-order valence-corrected chi connectivity index (χ1v) is 5.54. The van der Waals surface area contributed by atoms with Crippen LogP contribution in [0.2, 0.25) is 0 Å². The first-order valence-electron chi connectivity index (χ1n) is 5.54. The topological polar surface area (TPSA) is 76.5 Å². The summed E-state index contributed by atoms with van der Waals surface area (Å²) >= 11 is 0. The third kappa shape index (κ3) is 1.50. The van der Waals surface area contributed by atoms with E-state index in [2.05, 4.69) is 20.3 Å². The van der Waals surface area contributed by atoms with Gasteiger partial charge in [-0.05, 0) is 25.1 Å². The quantitative estimate of drug-likeness (QED) is 0.692. The highest BCUT2D eigenvalue weighted by molar-refractivity contribution is 5.92. The zero-order valence-electron chi connectivity index (χ0n) is 10.0. The van der Waals surface area contributed by atoms with E-state index >= 15 is 0 Å². The van der Waals surface area contributed by atoms with Gasteiger partial charge in [0.15, 0.2) is 17.2 Å². The number of nitrogens with zero attached hydrogens (tertiary/aromatic N) is 4. The third-order valence-electron chi connectivity index (χ3n) is 2.77. The average molecular weight is 241 g/mol. The van der Waals surface area contributed by atoms with Gasteiger partial charge in [0.25, 0.3) is 0 Å². The third-order valence-corrected chi connectivity index (χ3v) is 2.77. The molecular formula is C12H11N5O. The van der Waals surface area contributed by atoms with E-state index in [1.165, 1.54) is 6.92 Å². The maximum Gasteiger partial charge on any atom is 0.184 e. The van der Waals surface area contributed by atoms with E-state index in [1.54, 1.807) is 16.9 Å². The van der Waals surface area contributed by atoms with E-state index in [-0.39, 0.29) is 5.78 Å². The van der Waals surface area contributed by atoms with E-state index in [9.17, 15) is 4.79 Å². The minimum atomic E-state index is -0.0604. The minimum Gasteiger partial charge on any atom is -0.293 e. The number of Topliss-reactive ketones (excluding diaryl/α,β-unsaturated/α-hetero) is 1. The highest BCUT2D eigenvalue weighted by Gasteiger charge is 2.14. The zero-order valence-corrected chi connectivity index (χ0v) is 10.0. The van der Waals surface area contributed by atoms with Gasteiger partial charge in [-0.3, -0.25) is 9.89 Å². The molecule has 0 amide bonds. The van der Waals surface area contributed by atoms with Crippen LogP contribution >= 0.6 is 0 Å². The van der Waals surface area contributed by atoms with Gasteiger partial charge in [0, 0.05) is 18.8 Å². The molecule has 0 aromatic carbocycles. The molecule has 0 radical (unpaired) electrons. The van der Waals surface area contributed by atoms with E-state index in [4.69, 9.17) is 0 Å². The maximum absolute atomic E-state index is 11.3. The highest BCUT2D eigenvalue weighted by atomic mass is 16.1. The van der Waals surface area contributed by atoms with Gasteiger partial charge in [0.1, 0.15) is 5.69 Å². The number of rotatable bonds is 2. The van der Waals surface area contributed by atoms with Gasteiger partial charge < -0.3 is 0 Å². The molecule has 1 N–H and O–H groups in total. The first-order chi connectivity index (χ1) is 8.66. The summed E-state index contributed by atoms with van der Waals surface area (Å²) in [5.74, 6) is 0.595. The summed E-state index contributed by atoms with van der Waals surface area (Å²) in [7, 11) is 0. The van der Waals surface area contributed by atoms with Crippen molar-refractivity contribution >= 4 is 16.8 Å². The van der Waals surface area contributed by atoms with Gasteiger partial charge in [-0.15, -0.1) is 0 Å². The number of nitrogens with one attached hydrogen (secondary N) is 1. The molecule has 3 heterocycles. The second-order valence-electron chi connectivity index (χ2n) is 4.09. The van der Waals surface area contributed by atoms with Crippen molar-refractivity contribution in [2.45, 2.75) is 13.8 Å². The number of ketones is 1. The van der Waals surface area contributed by atoms with Crippen LogP contribution in [0.4, 0.5) is 0 Å². The molecular weight excluding hydrogens is 230 g/mol. The fraction of sp³-hybridized carbons (Fsp3) is 0.167. The lowest BCUT2D eigenvalue weighted by Gasteiger charge is -1.99. The average Bonchev–Trinajstić information content (AvgIpc) is 2.92. The maximum atomic E-state index is 11.3. The van der Waals surface area contributed by atoms with Crippen LogP contribution in [-0.4, -0.2) is 30.7 Å². The normalized spacial score (nSPS) is 11.0. The van der Waals surface area contributed by atoms with Gasteiger partial charge in [-0.25, -0.2) is 9.67 Å². The molecule has 3 aromatic heterocycles. The minimum absolute atomic E-state index is 0.0604. The predicted molar refractivity (Wildman–Crippen MR) is 65.8 cm³/mol. The molecule has 18 heavy (non-hydrogen) atoms. The standard InChI is InChI=1S/C12H11N5O/c1-7-6-10(8(2)18)16-17(7)12-9-4-3-5-13-11(9)14-15-12/h3-6H,1-2H3,(H,13,14,15). The molecule has 6 nitrogen and oxygen atoms in total. The van der Waals surface area contributed by atoms with Gasteiger partial charge in [-0.1, -0.05) is 0 Å². The van der Waals surface area contributed by atoms with Crippen molar-refractivity contribution in [1.82, 2.24) is 25.0 Å². The van der Waals surface area contributed by atoms with Crippen molar-refractivity contribution in [1.29, 1.82) is 0 Å². The Labute approximate surface area is 103 Å². The first kappa shape index (κ1) is 10.6. The number of H-pyrrole nitrogens is 1. The monoisotopic (exact) mass is 241 g/mol. The lowest BCUT2D eigenvalue weighted by atomic mass is 10.3. The molecule has 0 saturated carbocycles. The molecule has 0 atom stereocenters. The number of aryl methyl sites for hydroxylation is 1. The molecule has 6 heteroatoms. The van der Waals surface area contributed by atoms with Gasteiger partial charge >= 0.3 is 0 Å². The zero-order chi connectivity index (χ0) is 12.7. The van der Waals surface area contributed by atoms with Gasteiger partial charge in [-0.2, -0.15) is 10.2 Å². The van der Waals surface area contributed by atoms with Crippen molar-refractivity contribution < 1.29 is 4.79 Å². The van der Waals surface area contributed by atoms with Crippen LogP contribution in [0.1, 0.15) is 23.1 Å². The van der Waals surface area contributed by atoms with Crippen LogP contribution in [0.15, 0.2) is 24.4 Å². The number of carbonyl (C=O) groups excluding carboxylic acids is 1. The number of carbonyl (C=O) groups is 1. The number of aromatic nitrogens is 5. The predicted octanol–water partition coefficient (Wildman–Crippen LogP) is 1.65. The second kappa shape index (κ2) is 3.76. The summed E-state index contributed by atoms with van der Waals surface area (Å²) in [6.45, 7) is 3.38. The lowest BCUT2D eigenvalue weighted by Crippen LogP contribution is -2.01. The van der Waals surface area contributed by atoms with E-state index in [0.29, 0.717) is 17.2 Å². The van der Waals surface area contributed by atoms with Crippen LogP contribution in [-0.2, 0) is 0 Å². The van der Waals surface area contributed by atoms with Gasteiger partial charge in [0.05, 0.1) is 5.39 Å². The molecule has 0 bridgehead atoms. The van der Waals surface area contributed by atoms with Crippen molar-refractivity contribution in [3.63, 3.8) is 0 Å². The van der Waals surface area contributed by atoms with E-state index < -0.39 is 0 Å². The Bertz CT molecular complexity index is 740. The Morgan fingerprint density at radius 3 is 3.00 bits per heavy atom. The number of fused-ring (bicyclic) bond motifs is 1. The van der Waals surface area contributed by atoms with E-state index in [1.807, 2.05) is 19.1 Å². The fourth-order valence-electron chi connectivity index (χ4n) is 1.86. The van der Waals surface area contributed by atoms with Crippen molar-refractivity contribution in [3.05, 3.63) is 35.8 Å². The molecule has 0 spiro atoms. The molecule has 0 aliphatic carbocycles. The Kier molecular flexibility index (Phi) is 2.22. The Morgan fingerprint density at radius 1 is 1.44 bits per heavy atom. The summed E-state index contributed by atoms with van der Waals surface area (Å²) in [5, 5.41) is 12.2. The smallest absolute Gasteiger partial charge is 0.184 e. The van der Waals surface area contributed by atoms with Crippen molar-refractivity contribution in [2.75, 3.05) is 0 Å². The number of hydrogen-bond donors (Lipinski definition) is 1. The molecule has 0 aliphatic heterocycles. The van der Waals surface area contributed by atoms with E-state index in [0.717, 1.165) is 11.1 Å². The Balaban J connectivity index is 2.23. The SMILES string of the molecule is CC(=O)c1cc(C)n(-c2n[nH]c3ncccc23)n1. The van der Waals surface area contributed by atoms with Crippen molar-refractivity contribution in [2.24, 2.45) is 0 Å². The molecule has 0 saturated heterocycles. The summed E-state index contributed by atoms with van der Waals surface area (Å²) in [6.07, 6.45) is 1.70.